The van der Waals surface area contributed by atoms with Crippen molar-refractivity contribution in [2.45, 2.75) is 63.6 Å². The highest BCUT2D eigenvalue weighted by molar-refractivity contribution is 6.30. The van der Waals surface area contributed by atoms with Crippen LogP contribution in [0.3, 0.4) is 0 Å². The summed E-state index contributed by atoms with van der Waals surface area (Å²) in [4.78, 5) is 30.8. The highest BCUT2D eigenvalue weighted by atomic mass is 35.5. The summed E-state index contributed by atoms with van der Waals surface area (Å²) in [6.07, 6.45) is 9.34. The monoisotopic (exact) mass is 496 g/mol. The van der Waals surface area contributed by atoms with Crippen LogP contribution in [0.1, 0.15) is 56.6 Å². The van der Waals surface area contributed by atoms with Crippen molar-refractivity contribution in [3.63, 3.8) is 0 Å². The second kappa shape index (κ2) is 10.4. The Balaban J connectivity index is 1.35. The van der Waals surface area contributed by atoms with Crippen molar-refractivity contribution in [1.82, 2.24) is 19.7 Å². The van der Waals surface area contributed by atoms with Gasteiger partial charge in [-0.15, -0.1) is 0 Å². The Bertz CT molecular complexity index is 1080. The van der Waals surface area contributed by atoms with Crippen molar-refractivity contribution in [2.24, 2.45) is 11.3 Å². The Kier molecular flexibility index (Phi) is 7.21. The molecular weight excluding hydrogens is 460 g/mol. The predicted molar refractivity (Wildman–Crippen MR) is 140 cm³/mol. The summed E-state index contributed by atoms with van der Waals surface area (Å²) in [6, 6.07) is 14.5. The molecule has 6 nitrogen and oxygen atoms in total. The van der Waals surface area contributed by atoms with Gasteiger partial charge in [-0.05, 0) is 62.1 Å². The maximum atomic E-state index is 14.0. The molecule has 0 bridgehead atoms. The Morgan fingerprint density at radius 3 is 2.60 bits per heavy atom. The summed E-state index contributed by atoms with van der Waals surface area (Å²) in [6.45, 7) is 3.03. The van der Waals surface area contributed by atoms with Gasteiger partial charge in [-0.1, -0.05) is 54.8 Å². The average molecular weight is 497 g/mol. The van der Waals surface area contributed by atoms with Gasteiger partial charge in [-0.2, -0.15) is 0 Å². The van der Waals surface area contributed by atoms with E-state index in [1.165, 1.54) is 24.5 Å². The van der Waals surface area contributed by atoms with Crippen molar-refractivity contribution < 1.29 is 4.79 Å². The number of pyridine rings is 1. The molecule has 1 saturated carbocycles. The number of halogens is 1. The van der Waals surface area contributed by atoms with Gasteiger partial charge in [-0.3, -0.25) is 4.79 Å². The van der Waals surface area contributed by atoms with Crippen LogP contribution in [0.15, 0.2) is 53.5 Å². The van der Waals surface area contributed by atoms with Crippen LogP contribution >= 0.6 is 11.6 Å². The quantitative estimate of drug-likeness (QED) is 0.653. The molecule has 1 N–H and O–H groups in total. The Labute approximate surface area is 213 Å². The summed E-state index contributed by atoms with van der Waals surface area (Å²) in [5.74, 6) is 0.396. The highest BCUT2D eigenvalue weighted by Crippen LogP contribution is 2.49. The molecule has 1 aromatic heterocycles. The molecule has 2 saturated heterocycles. The van der Waals surface area contributed by atoms with E-state index in [1.54, 1.807) is 6.07 Å². The number of piperidine rings is 2. The SMILES string of the molecule is CN[C@@H]1CCN(C(=O)N2CC[C@@H](Cn3ccc(Cl)cc3=O)C3(CCCC3)C2)C(c2ccccc2)C1. The van der Waals surface area contributed by atoms with Crippen LogP contribution in [0.25, 0.3) is 0 Å². The van der Waals surface area contributed by atoms with Crippen molar-refractivity contribution in [2.75, 3.05) is 26.7 Å². The molecule has 0 radical (unpaired) electrons. The van der Waals surface area contributed by atoms with Crippen molar-refractivity contribution in [1.29, 1.82) is 0 Å². The average Bonchev–Trinajstić information content (AvgIpc) is 3.35. The van der Waals surface area contributed by atoms with Gasteiger partial charge in [0.25, 0.3) is 5.56 Å². The van der Waals surface area contributed by atoms with E-state index in [0.717, 1.165) is 51.7 Å². The molecule has 1 spiro atoms. The van der Waals surface area contributed by atoms with Gasteiger partial charge in [0, 0.05) is 49.5 Å². The molecule has 7 heteroatoms. The zero-order valence-electron chi connectivity index (χ0n) is 20.7. The Morgan fingerprint density at radius 2 is 1.89 bits per heavy atom. The molecule has 2 aromatic rings. The van der Waals surface area contributed by atoms with Crippen LogP contribution in [0.5, 0.6) is 0 Å². The number of carbonyl (C=O) groups is 1. The second-order valence-corrected chi connectivity index (χ2v) is 11.2. The summed E-state index contributed by atoms with van der Waals surface area (Å²) >= 11 is 6.02. The van der Waals surface area contributed by atoms with Crippen LogP contribution in [0.4, 0.5) is 4.79 Å². The number of carbonyl (C=O) groups excluding carboxylic acids is 1. The third-order valence-electron chi connectivity index (χ3n) is 8.81. The second-order valence-electron chi connectivity index (χ2n) is 10.7. The third kappa shape index (κ3) is 5.01. The first-order valence-corrected chi connectivity index (χ1v) is 13.5. The molecule has 3 atom stereocenters. The van der Waals surface area contributed by atoms with E-state index in [9.17, 15) is 9.59 Å². The molecule has 1 aromatic carbocycles. The number of nitrogens with one attached hydrogen (secondary N) is 1. The molecule has 3 heterocycles. The van der Waals surface area contributed by atoms with E-state index in [4.69, 9.17) is 11.6 Å². The number of amides is 2. The van der Waals surface area contributed by atoms with E-state index in [0.29, 0.717) is 23.5 Å². The molecular formula is C28H37ClN4O2. The number of hydrogen-bond donors (Lipinski definition) is 1. The van der Waals surface area contributed by atoms with Crippen molar-refractivity contribution in [3.8, 4) is 0 Å². The largest absolute Gasteiger partial charge is 0.324 e. The minimum absolute atomic E-state index is 0.0396. The van der Waals surface area contributed by atoms with Crippen LogP contribution in [-0.4, -0.2) is 53.1 Å². The van der Waals surface area contributed by atoms with Gasteiger partial charge in [0.05, 0.1) is 6.04 Å². The molecule has 5 rings (SSSR count). The number of rotatable bonds is 4. The van der Waals surface area contributed by atoms with Crippen LogP contribution < -0.4 is 10.9 Å². The summed E-state index contributed by atoms with van der Waals surface area (Å²) in [5.41, 5.74) is 1.27. The number of likely N-dealkylation sites (tertiary alicyclic amines) is 2. The van der Waals surface area contributed by atoms with Gasteiger partial charge in [0.15, 0.2) is 0 Å². The zero-order valence-corrected chi connectivity index (χ0v) is 21.4. The fraction of sp³-hybridized carbons (Fsp3) is 0.571. The van der Waals surface area contributed by atoms with Crippen LogP contribution in [0, 0.1) is 11.3 Å². The van der Waals surface area contributed by atoms with Gasteiger partial charge < -0.3 is 19.7 Å². The van der Waals surface area contributed by atoms with E-state index in [-0.39, 0.29) is 23.0 Å². The highest BCUT2D eigenvalue weighted by Gasteiger charge is 2.47. The number of benzene rings is 1. The molecule has 1 unspecified atom stereocenters. The molecule has 35 heavy (non-hydrogen) atoms. The number of nitrogens with zero attached hydrogens (tertiary/aromatic N) is 3. The summed E-state index contributed by atoms with van der Waals surface area (Å²) in [7, 11) is 2.02. The zero-order chi connectivity index (χ0) is 24.4. The molecule has 3 fully saturated rings. The maximum absolute atomic E-state index is 14.0. The fourth-order valence-electron chi connectivity index (χ4n) is 6.80. The third-order valence-corrected chi connectivity index (χ3v) is 9.04. The Morgan fingerprint density at radius 1 is 1.11 bits per heavy atom. The van der Waals surface area contributed by atoms with Crippen LogP contribution in [0.2, 0.25) is 5.02 Å². The predicted octanol–water partition coefficient (Wildman–Crippen LogP) is 4.93. The minimum atomic E-state index is -0.0396. The van der Waals surface area contributed by atoms with E-state index in [2.05, 4.69) is 39.4 Å². The fourth-order valence-corrected chi connectivity index (χ4v) is 6.95. The molecule has 2 aliphatic heterocycles. The van der Waals surface area contributed by atoms with Crippen molar-refractivity contribution in [3.05, 3.63) is 69.6 Å². The van der Waals surface area contributed by atoms with Gasteiger partial charge in [0.2, 0.25) is 0 Å². The van der Waals surface area contributed by atoms with E-state index in [1.807, 2.05) is 23.9 Å². The summed E-state index contributed by atoms with van der Waals surface area (Å²) in [5, 5.41) is 3.92. The first-order valence-electron chi connectivity index (χ1n) is 13.1. The Hall–Kier alpha value is -2.31. The lowest BCUT2D eigenvalue weighted by molar-refractivity contribution is 0.0209. The van der Waals surface area contributed by atoms with Crippen molar-refractivity contribution >= 4 is 17.6 Å². The van der Waals surface area contributed by atoms with Gasteiger partial charge >= 0.3 is 6.03 Å². The van der Waals surface area contributed by atoms with Gasteiger partial charge in [0.1, 0.15) is 0 Å². The van der Waals surface area contributed by atoms with E-state index >= 15 is 0 Å². The first kappa shape index (κ1) is 24.4. The van der Waals surface area contributed by atoms with E-state index < -0.39 is 0 Å². The van der Waals surface area contributed by atoms with Crippen LogP contribution in [-0.2, 0) is 6.54 Å². The molecule has 3 aliphatic rings. The number of urea groups is 1. The van der Waals surface area contributed by atoms with Gasteiger partial charge in [-0.25, -0.2) is 4.79 Å². The molecule has 188 valence electrons. The lowest BCUT2D eigenvalue weighted by atomic mass is 9.69. The normalized spacial score (nSPS) is 26.3. The summed E-state index contributed by atoms with van der Waals surface area (Å²) < 4.78 is 1.81. The lowest BCUT2D eigenvalue weighted by Gasteiger charge is -2.49. The molecule has 1 aliphatic carbocycles. The first-order chi connectivity index (χ1) is 17.0. The lowest BCUT2D eigenvalue weighted by Crippen LogP contribution is -2.56. The standard InChI is InChI=1S/C28H37ClN4O2/c1-30-24-11-16-33(25(18-24)21-7-3-2-4-8-21)27(35)32-14-9-22(28(20-32)12-5-6-13-28)19-31-15-10-23(29)17-26(31)34/h2-4,7-8,10,15,17,22,24-25,30H,5-6,9,11-14,16,18-20H2,1H3/t22-,24+,25?/m0/s1. The number of aromatic nitrogens is 1. The topological polar surface area (TPSA) is 57.6 Å². The minimum Gasteiger partial charge on any atom is -0.324 e. The number of hydrogen-bond acceptors (Lipinski definition) is 3. The maximum Gasteiger partial charge on any atom is 0.320 e. The molecule has 2 amide bonds. The smallest absolute Gasteiger partial charge is 0.320 e.